The normalized spacial score (nSPS) is 16.3. The van der Waals surface area contributed by atoms with Crippen LogP contribution in [0.3, 0.4) is 0 Å². The fourth-order valence-corrected chi connectivity index (χ4v) is 3.89. The molecule has 152 valence electrons. The number of aliphatic hydroxyl groups is 1. The van der Waals surface area contributed by atoms with Crippen LogP contribution in [-0.2, 0) is 6.42 Å². The first-order valence-corrected chi connectivity index (χ1v) is 9.74. The van der Waals surface area contributed by atoms with Gasteiger partial charge in [-0.05, 0) is 48.6 Å². The Labute approximate surface area is 167 Å². The van der Waals surface area contributed by atoms with Gasteiger partial charge in [-0.1, -0.05) is 18.2 Å². The van der Waals surface area contributed by atoms with E-state index in [4.69, 9.17) is 0 Å². The third kappa shape index (κ3) is 4.31. The molecule has 0 spiro atoms. The second-order valence-electron chi connectivity index (χ2n) is 7.35. The van der Waals surface area contributed by atoms with E-state index < -0.39 is 17.6 Å². The van der Waals surface area contributed by atoms with Crippen LogP contribution < -0.4 is 10.5 Å². The first-order valence-electron chi connectivity index (χ1n) is 9.74. The number of hydrogen-bond acceptors (Lipinski definition) is 4. The summed E-state index contributed by atoms with van der Waals surface area (Å²) in [6.07, 6.45) is 0.292. The number of aromatic amines is 1. The van der Waals surface area contributed by atoms with Gasteiger partial charge in [0.2, 0.25) is 0 Å². The van der Waals surface area contributed by atoms with Crippen LogP contribution in [0.15, 0.2) is 53.3 Å². The highest BCUT2D eigenvalue weighted by molar-refractivity contribution is 5.82. The van der Waals surface area contributed by atoms with E-state index in [2.05, 4.69) is 9.88 Å². The molecule has 0 amide bonds. The van der Waals surface area contributed by atoms with E-state index in [1.807, 2.05) is 11.0 Å². The summed E-state index contributed by atoms with van der Waals surface area (Å²) in [5.41, 5.74) is 1.07. The highest BCUT2D eigenvalue weighted by atomic mass is 19.1. The van der Waals surface area contributed by atoms with E-state index in [0.717, 1.165) is 5.69 Å². The number of aryl methyl sites for hydroxylation is 1. The van der Waals surface area contributed by atoms with Crippen molar-refractivity contribution in [3.05, 3.63) is 76.2 Å². The van der Waals surface area contributed by atoms with E-state index in [9.17, 15) is 18.7 Å². The Bertz CT molecular complexity index is 1060. The Morgan fingerprint density at radius 2 is 1.79 bits per heavy atom. The van der Waals surface area contributed by atoms with E-state index in [0.29, 0.717) is 50.1 Å². The number of hydrogen-bond donors (Lipinski definition) is 2. The van der Waals surface area contributed by atoms with Crippen molar-refractivity contribution in [3.8, 4) is 0 Å². The van der Waals surface area contributed by atoms with Crippen molar-refractivity contribution in [1.29, 1.82) is 0 Å². The number of benzene rings is 2. The number of rotatable bonds is 5. The maximum Gasteiger partial charge on any atom is 0.258 e. The lowest BCUT2D eigenvalue weighted by molar-refractivity contribution is -0.00533. The minimum absolute atomic E-state index is 0.0604. The van der Waals surface area contributed by atoms with Crippen molar-refractivity contribution in [3.63, 3.8) is 0 Å². The number of pyridine rings is 1. The molecule has 0 bridgehead atoms. The first kappa shape index (κ1) is 19.5. The van der Waals surface area contributed by atoms with Crippen LogP contribution in [0.5, 0.6) is 0 Å². The Kier molecular flexibility index (Phi) is 5.60. The molecular formula is C22H23F2N3O2. The summed E-state index contributed by atoms with van der Waals surface area (Å²) >= 11 is 0. The van der Waals surface area contributed by atoms with Crippen LogP contribution in [0.1, 0.15) is 12.1 Å². The van der Waals surface area contributed by atoms with E-state index >= 15 is 0 Å². The van der Waals surface area contributed by atoms with Crippen LogP contribution in [0.25, 0.3) is 10.8 Å². The molecule has 0 saturated carbocycles. The fourth-order valence-electron chi connectivity index (χ4n) is 3.89. The summed E-state index contributed by atoms with van der Waals surface area (Å²) in [6, 6.07) is 12.8. The van der Waals surface area contributed by atoms with Crippen molar-refractivity contribution in [2.45, 2.75) is 19.1 Å². The van der Waals surface area contributed by atoms with Crippen molar-refractivity contribution in [1.82, 2.24) is 9.88 Å². The summed E-state index contributed by atoms with van der Waals surface area (Å²) < 4.78 is 27.2. The minimum atomic E-state index is -0.642. The number of nitrogens with zero attached hydrogens (tertiary/aromatic N) is 2. The van der Waals surface area contributed by atoms with Gasteiger partial charge < -0.3 is 15.0 Å². The fraction of sp³-hybridized carbons (Fsp3) is 0.318. The van der Waals surface area contributed by atoms with Crippen LogP contribution in [-0.4, -0.2) is 47.4 Å². The average Bonchev–Trinajstić information content (AvgIpc) is 2.72. The predicted octanol–water partition coefficient (Wildman–Crippen LogP) is 2.88. The van der Waals surface area contributed by atoms with Gasteiger partial charge in [-0.2, -0.15) is 0 Å². The van der Waals surface area contributed by atoms with Crippen molar-refractivity contribution < 1.29 is 13.9 Å². The quantitative estimate of drug-likeness (QED) is 0.693. The van der Waals surface area contributed by atoms with Crippen molar-refractivity contribution >= 4 is 16.5 Å². The zero-order valence-corrected chi connectivity index (χ0v) is 15.9. The maximum absolute atomic E-state index is 13.8. The molecule has 1 aromatic heterocycles. The first-order chi connectivity index (χ1) is 14.0. The molecule has 2 aromatic carbocycles. The number of aliphatic hydroxyl groups excluding tert-OH is 1. The van der Waals surface area contributed by atoms with Crippen LogP contribution in [0.2, 0.25) is 0 Å². The third-order valence-electron chi connectivity index (χ3n) is 5.46. The summed E-state index contributed by atoms with van der Waals surface area (Å²) in [6.45, 7) is 2.73. The topological polar surface area (TPSA) is 59.6 Å². The van der Waals surface area contributed by atoms with Gasteiger partial charge in [-0.15, -0.1) is 0 Å². The smallest absolute Gasteiger partial charge is 0.258 e. The Hall–Kier alpha value is -2.77. The highest BCUT2D eigenvalue weighted by Gasteiger charge is 2.22. The van der Waals surface area contributed by atoms with Gasteiger partial charge in [0.25, 0.3) is 5.56 Å². The molecule has 5 nitrogen and oxygen atoms in total. The van der Waals surface area contributed by atoms with E-state index in [1.165, 1.54) is 18.2 Å². The average molecular weight is 399 g/mol. The molecule has 1 aliphatic rings. The number of fused-ring (bicyclic) bond motifs is 1. The molecule has 1 saturated heterocycles. The Balaban J connectivity index is 1.35. The molecule has 1 atom stereocenters. The van der Waals surface area contributed by atoms with Gasteiger partial charge in [0, 0.05) is 37.6 Å². The SMILES string of the molecule is O=c1[nH]c(CCC(O)N2CCN(c3cccc(F)c3)CC2)cc2cccc(F)c12. The lowest BCUT2D eigenvalue weighted by Crippen LogP contribution is -2.50. The molecular weight excluding hydrogens is 376 g/mol. The minimum Gasteiger partial charge on any atom is -0.378 e. The van der Waals surface area contributed by atoms with Gasteiger partial charge in [0.15, 0.2) is 0 Å². The largest absolute Gasteiger partial charge is 0.378 e. The third-order valence-corrected chi connectivity index (χ3v) is 5.46. The van der Waals surface area contributed by atoms with Crippen molar-refractivity contribution in [2.24, 2.45) is 0 Å². The zero-order valence-electron chi connectivity index (χ0n) is 15.9. The number of aromatic nitrogens is 1. The highest BCUT2D eigenvalue weighted by Crippen LogP contribution is 2.19. The lowest BCUT2D eigenvalue weighted by Gasteiger charge is -2.38. The summed E-state index contributed by atoms with van der Waals surface area (Å²) in [7, 11) is 0. The monoisotopic (exact) mass is 399 g/mol. The van der Waals surface area contributed by atoms with Crippen molar-refractivity contribution in [2.75, 3.05) is 31.1 Å². The number of piperazine rings is 1. The molecule has 1 aliphatic heterocycles. The lowest BCUT2D eigenvalue weighted by atomic mass is 10.1. The molecule has 0 aliphatic carbocycles. The zero-order chi connectivity index (χ0) is 20.4. The van der Waals surface area contributed by atoms with E-state index in [1.54, 1.807) is 24.3 Å². The Morgan fingerprint density at radius 1 is 1.03 bits per heavy atom. The predicted molar refractivity (Wildman–Crippen MR) is 109 cm³/mol. The molecule has 2 heterocycles. The molecule has 3 aromatic rings. The van der Waals surface area contributed by atoms with Gasteiger partial charge in [-0.3, -0.25) is 9.69 Å². The molecule has 29 heavy (non-hydrogen) atoms. The molecule has 1 unspecified atom stereocenters. The second-order valence-corrected chi connectivity index (χ2v) is 7.35. The summed E-state index contributed by atoms with van der Waals surface area (Å²) in [4.78, 5) is 19.0. The van der Waals surface area contributed by atoms with Gasteiger partial charge in [0.05, 0.1) is 5.39 Å². The summed E-state index contributed by atoms with van der Waals surface area (Å²) in [5, 5.41) is 11.2. The van der Waals surface area contributed by atoms with Gasteiger partial charge >= 0.3 is 0 Å². The van der Waals surface area contributed by atoms with Crippen LogP contribution in [0.4, 0.5) is 14.5 Å². The molecule has 2 N–H and O–H groups in total. The van der Waals surface area contributed by atoms with Crippen LogP contribution in [0, 0.1) is 11.6 Å². The van der Waals surface area contributed by atoms with E-state index in [-0.39, 0.29) is 11.2 Å². The summed E-state index contributed by atoms with van der Waals surface area (Å²) in [5.74, 6) is -0.791. The van der Waals surface area contributed by atoms with Gasteiger partial charge in [0.1, 0.15) is 17.9 Å². The van der Waals surface area contributed by atoms with Crippen LogP contribution >= 0.6 is 0 Å². The van der Waals surface area contributed by atoms with Gasteiger partial charge in [-0.25, -0.2) is 8.78 Å². The molecule has 7 heteroatoms. The Morgan fingerprint density at radius 3 is 2.55 bits per heavy atom. The number of nitrogens with one attached hydrogen (secondary N) is 1. The number of anilines is 1. The standard InChI is InChI=1S/C22H23F2N3O2/c23-16-4-2-5-18(14-16)26-9-11-27(12-10-26)20(28)8-7-17-13-15-3-1-6-19(24)21(15)22(29)25-17/h1-6,13-14,20,28H,7-12H2,(H,25,29). The number of H-pyrrole nitrogens is 1. The maximum atomic E-state index is 13.8. The molecule has 1 fully saturated rings. The molecule has 4 rings (SSSR count). The molecule has 0 radical (unpaired) electrons. The number of halogens is 2. The second kappa shape index (κ2) is 8.31.